The van der Waals surface area contributed by atoms with Crippen molar-refractivity contribution in [3.05, 3.63) is 45.4 Å². The number of hydrazone groups is 1. The Labute approximate surface area is 164 Å². The maximum absolute atomic E-state index is 13.2. The highest BCUT2D eigenvalue weighted by Gasteiger charge is 2.37. The van der Waals surface area contributed by atoms with Gasteiger partial charge >= 0.3 is 12.1 Å². The van der Waals surface area contributed by atoms with Gasteiger partial charge in [-0.25, -0.2) is 9.78 Å². The highest BCUT2D eigenvalue weighted by molar-refractivity contribution is 9.10. The number of anilines is 1. The fraction of sp³-hybridized carbons (Fsp3) is 0.250. The van der Waals surface area contributed by atoms with Gasteiger partial charge in [0.05, 0.1) is 13.0 Å². The predicted octanol–water partition coefficient (Wildman–Crippen LogP) is 4.69. The Kier molecular flexibility index (Phi) is 7.08. The second-order valence-electron chi connectivity index (χ2n) is 5.03. The molecule has 2 rings (SSSR count). The van der Waals surface area contributed by atoms with E-state index in [4.69, 9.17) is 4.74 Å². The molecular weight excluding hydrogens is 451 g/mol. The summed E-state index contributed by atoms with van der Waals surface area (Å²) in [6, 6.07) is 5.95. The quantitative estimate of drug-likeness (QED) is 0.279. The molecule has 0 aliphatic rings. The standard InChI is InChI=1S/C16H13BrF3N3O3S/c1-2-26-14(25)11-8-27-15(21-11)23-22-13(16(18,19)20)7-12(24)9-3-5-10(17)6-4-9/h3-6,8H,2,7H2,1H3,(H,21,23)/b22-13+. The molecule has 0 saturated carbocycles. The molecule has 1 aromatic heterocycles. The smallest absolute Gasteiger partial charge is 0.431 e. The van der Waals surface area contributed by atoms with Crippen LogP contribution < -0.4 is 5.43 Å². The van der Waals surface area contributed by atoms with Crippen LogP contribution in [0.2, 0.25) is 0 Å². The van der Waals surface area contributed by atoms with Crippen molar-refractivity contribution in [3.63, 3.8) is 0 Å². The lowest BCUT2D eigenvalue weighted by Crippen LogP contribution is -2.27. The first kappa shape index (κ1) is 21.0. The summed E-state index contributed by atoms with van der Waals surface area (Å²) in [7, 11) is 0. The number of thiazole rings is 1. The maximum Gasteiger partial charge on any atom is 0.431 e. The highest BCUT2D eigenvalue weighted by atomic mass is 79.9. The van der Waals surface area contributed by atoms with Crippen LogP contribution in [-0.4, -0.2) is 35.2 Å². The minimum atomic E-state index is -4.81. The van der Waals surface area contributed by atoms with Crippen LogP contribution in [0, 0.1) is 0 Å². The normalized spacial score (nSPS) is 12.0. The zero-order valence-corrected chi connectivity index (χ0v) is 16.2. The SMILES string of the molecule is CCOC(=O)c1csc(N/N=C(\CC(=O)c2ccc(Br)cc2)C(F)(F)F)n1. The Morgan fingerprint density at radius 1 is 1.30 bits per heavy atom. The van der Waals surface area contributed by atoms with Crippen LogP contribution in [-0.2, 0) is 4.74 Å². The number of nitrogens with one attached hydrogen (secondary N) is 1. The van der Waals surface area contributed by atoms with Crippen LogP contribution in [0.15, 0.2) is 39.2 Å². The van der Waals surface area contributed by atoms with Crippen LogP contribution in [0.4, 0.5) is 18.3 Å². The summed E-state index contributed by atoms with van der Waals surface area (Å²) in [6.45, 7) is 1.76. The molecule has 11 heteroatoms. The summed E-state index contributed by atoms with van der Waals surface area (Å²) in [4.78, 5) is 27.4. The van der Waals surface area contributed by atoms with Gasteiger partial charge in [0.25, 0.3) is 0 Å². The van der Waals surface area contributed by atoms with Crippen LogP contribution in [0.25, 0.3) is 0 Å². The Morgan fingerprint density at radius 3 is 2.56 bits per heavy atom. The van der Waals surface area contributed by atoms with E-state index in [1.54, 1.807) is 19.1 Å². The number of hydrogen-bond donors (Lipinski definition) is 1. The predicted molar refractivity (Wildman–Crippen MR) is 98.3 cm³/mol. The summed E-state index contributed by atoms with van der Waals surface area (Å²) in [5.41, 5.74) is 0.931. The van der Waals surface area contributed by atoms with Crippen LogP contribution in [0.1, 0.15) is 34.2 Å². The molecule has 0 spiro atoms. The van der Waals surface area contributed by atoms with Crippen molar-refractivity contribution in [1.82, 2.24) is 4.98 Å². The molecule has 1 heterocycles. The maximum atomic E-state index is 13.2. The van der Waals surface area contributed by atoms with E-state index < -0.39 is 30.1 Å². The van der Waals surface area contributed by atoms with Crippen LogP contribution in [0.3, 0.4) is 0 Å². The first-order valence-corrected chi connectivity index (χ1v) is 9.19. The number of Topliss-reactive ketones (excluding diaryl/α,β-unsaturated/α-hetero) is 1. The van der Waals surface area contributed by atoms with E-state index >= 15 is 0 Å². The lowest BCUT2D eigenvalue weighted by molar-refractivity contribution is -0.0602. The Morgan fingerprint density at radius 2 is 1.96 bits per heavy atom. The molecule has 144 valence electrons. The van der Waals surface area contributed by atoms with Gasteiger partial charge in [-0.1, -0.05) is 28.1 Å². The number of carbonyl (C=O) groups excluding carboxylic acids is 2. The number of alkyl halides is 3. The van der Waals surface area contributed by atoms with Crippen molar-refractivity contribution in [2.24, 2.45) is 5.10 Å². The molecule has 0 saturated heterocycles. The molecule has 0 atom stereocenters. The zero-order chi connectivity index (χ0) is 20.0. The van der Waals surface area contributed by atoms with E-state index in [-0.39, 0.29) is 23.0 Å². The zero-order valence-electron chi connectivity index (χ0n) is 13.8. The van der Waals surface area contributed by atoms with Gasteiger partial charge in [0.2, 0.25) is 5.13 Å². The summed E-state index contributed by atoms with van der Waals surface area (Å²) >= 11 is 4.07. The minimum absolute atomic E-state index is 0.0316. The number of aromatic nitrogens is 1. The molecular formula is C16H13BrF3N3O3S. The molecule has 0 radical (unpaired) electrons. The van der Waals surface area contributed by atoms with Gasteiger partial charge in [0.15, 0.2) is 11.5 Å². The second-order valence-corrected chi connectivity index (χ2v) is 6.81. The van der Waals surface area contributed by atoms with Crippen LogP contribution in [0.5, 0.6) is 0 Å². The number of nitrogens with zero attached hydrogens (tertiary/aromatic N) is 2. The lowest BCUT2D eigenvalue weighted by Gasteiger charge is -2.10. The van der Waals surface area contributed by atoms with E-state index in [1.807, 2.05) is 0 Å². The van der Waals surface area contributed by atoms with Crippen molar-refractivity contribution in [3.8, 4) is 0 Å². The third-order valence-electron chi connectivity index (χ3n) is 3.10. The summed E-state index contributed by atoms with van der Waals surface area (Å²) in [6.07, 6.45) is -5.74. The average Bonchev–Trinajstić information content (AvgIpc) is 3.07. The van der Waals surface area contributed by atoms with Gasteiger partial charge in [0.1, 0.15) is 5.71 Å². The van der Waals surface area contributed by atoms with E-state index in [0.29, 0.717) is 4.47 Å². The number of halogens is 4. The summed E-state index contributed by atoms with van der Waals surface area (Å²) in [5.74, 6) is -1.42. The Hall–Kier alpha value is -2.27. The molecule has 2 aromatic rings. The third kappa shape index (κ3) is 6.14. The molecule has 27 heavy (non-hydrogen) atoms. The number of benzene rings is 1. The monoisotopic (exact) mass is 463 g/mol. The summed E-state index contributed by atoms with van der Waals surface area (Å²) < 4.78 is 45.0. The molecule has 1 N–H and O–H groups in total. The second kappa shape index (κ2) is 9.09. The van der Waals surface area contributed by atoms with Gasteiger partial charge < -0.3 is 4.74 Å². The van der Waals surface area contributed by atoms with E-state index in [9.17, 15) is 22.8 Å². The molecule has 0 aliphatic heterocycles. The topological polar surface area (TPSA) is 80.6 Å². The Bertz CT molecular complexity index is 851. The van der Waals surface area contributed by atoms with Gasteiger partial charge in [0, 0.05) is 15.4 Å². The molecule has 0 aliphatic carbocycles. The van der Waals surface area contributed by atoms with Crippen LogP contribution >= 0.6 is 27.3 Å². The molecule has 0 bridgehead atoms. The van der Waals surface area contributed by atoms with E-state index in [0.717, 1.165) is 11.3 Å². The number of carbonyl (C=O) groups is 2. The lowest BCUT2D eigenvalue weighted by atomic mass is 10.1. The van der Waals surface area contributed by atoms with Gasteiger partial charge in [-0.15, -0.1) is 11.3 Å². The van der Waals surface area contributed by atoms with Gasteiger partial charge in [-0.2, -0.15) is 18.3 Å². The van der Waals surface area contributed by atoms with Crippen molar-refractivity contribution in [1.29, 1.82) is 0 Å². The number of rotatable bonds is 7. The van der Waals surface area contributed by atoms with E-state index in [2.05, 4.69) is 31.4 Å². The number of ether oxygens (including phenoxy) is 1. The number of hydrogen-bond acceptors (Lipinski definition) is 7. The largest absolute Gasteiger partial charge is 0.461 e. The minimum Gasteiger partial charge on any atom is -0.461 e. The molecule has 0 unspecified atom stereocenters. The van der Waals surface area contributed by atoms with Crippen molar-refractivity contribution in [2.45, 2.75) is 19.5 Å². The molecule has 0 fully saturated rings. The molecule has 0 amide bonds. The number of ketones is 1. The first-order valence-electron chi connectivity index (χ1n) is 7.52. The molecule has 6 nitrogen and oxygen atoms in total. The fourth-order valence-corrected chi connectivity index (χ4v) is 2.72. The fourth-order valence-electron chi connectivity index (χ4n) is 1.83. The Balaban J connectivity index is 2.13. The average molecular weight is 464 g/mol. The first-order chi connectivity index (χ1) is 12.7. The third-order valence-corrected chi connectivity index (χ3v) is 4.37. The van der Waals surface area contributed by atoms with Crippen molar-refractivity contribution in [2.75, 3.05) is 12.0 Å². The van der Waals surface area contributed by atoms with Crippen molar-refractivity contribution >= 4 is 49.9 Å². The molecule has 1 aromatic carbocycles. The van der Waals surface area contributed by atoms with Gasteiger partial charge in [-0.05, 0) is 19.1 Å². The summed E-state index contributed by atoms with van der Waals surface area (Å²) in [5, 5.41) is 4.57. The van der Waals surface area contributed by atoms with Crippen molar-refractivity contribution < 1.29 is 27.5 Å². The number of esters is 1. The highest BCUT2D eigenvalue weighted by Crippen LogP contribution is 2.23. The van der Waals surface area contributed by atoms with Gasteiger partial charge in [-0.3, -0.25) is 10.2 Å². The van der Waals surface area contributed by atoms with E-state index in [1.165, 1.54) is 17.5 Å².